The molecule has 0 aromatic heterocycles. The molecule has 0 aliphatic carbocycles. The average Bonchev–Trinajstić information content (AvgIpc) is 2.65. The fourth-order valence-electron chi connectivity index (χ4n) is 3.38. The molecule has 2 aromatic rings. The fourth-order valence-corrected chi connectivity index (χ4v) is 5.13. The first-order valence-corrected chi connectivity index (χ1v) is 10.7. The highest BCUT2D eigenvalue weighted by atomic mass is 32.2. The fraction of sp³-hybridized carbons (Fsp3) is 0.381. The molecule has 0 bridgehead atoms. The number of nitrogens with zero attached hydrogens (tertiary/aromatic N) is 1. The largest absolute Gasteiger partial charge is 0.322 e. The van der Waals surface area contributed by atoms with Gasteiger partial charge < -0.3 is 5.32 Å². The van der Waals surface area contributed by atoms with Gasteiger partial charge in [-0.1, -0.05) is 18.6 Å². The van der Waals surface area contributed by atoms with Crippen LogP contribution in [0.15, 0.2) is 47.4 Å². The molecule has 0 saturated carbocycles. The number of carbonyl (C=O) groups is 1. The molecule has 1 aliphatic rings. The van der Waals surface area contributed by atoms with Crippen LogP contribution in [-0.4, -0.2) is 31.2 Å². The molecule has 1 unspecified atom stereocenters. The summed E-state index contributed by atoms with van der Waals surface area (Å²) in [5, 5.41) is 2.85. The monoisotopic (exact) mass is 386 g/mol. The van der Waals surface area contributed by atoms with E-state index in [1.165, 1.54) is 6.07 Å². The molecule has 27 heavy (non-hydrogen) atoms. The maximum Gasteiger partial charge on any atom is 0.255 e. The molecule has 144 valence electrons. The molecular weight excluding hydrogens is 360 g/mol. The summed E-state index contributed by atoms with van der Waals surface area (Å²) in [6.07, 6.45) is 2.79. The van der Waals surface area contributed by atoms with Crippen LogP contribution < -0.4 is 5.32 Å². The average molecular weight is 387 g/mol. The Morgan fingerprint density at radius 3 is 2.56 bits per heavy atom. The topological polar surface area (TPSA) is 66.5 Å². The smallest absolute Gasteiger partial charge is 0.255 e. The highest BCUT2D eigenvalue weighted by molar-refractivity contribution is 7.89. The van der Waals surface area contributed by atoms with Gasteiger partial charge in [0, 0.05) is 23.8 Å². The summed E-state index contributed by atoms with van der Waals surface area (Å²) < 4.78 is 27.6. The summed E-state index contributed by atoms with van der Waals surface area (Å²) in [5.74, 6) is -0.318. The lowest BCUT2D eigenvalue weighted by Gasteiger charge is -2.32. The first kappa shape index (κ1) is 19.6. The van der Waals surface area contributed by atoms with E-state index in [4.69, 9.17) is 0 Å². The third-order valence-corrected chi connectivity index (χ3v) is 7.22. The van der Waals surface area contributed by atoms with E-state index in [0.29, 0.717) is 17.8 Å². The Labute approximate surface area is 161 Å². The molecule has 1 atom stereocenters. The quantitative estimate of drug-likeness (QED) is 0.859. The molecule has 1 amide bonds. The standard InChI is InChI=1S/C21H26N2O3S/c1-15-10-11-19(13-16(15)2)22-21(24)18-8-6-9-20(14-18)27(25,26)23-12-5-4-7-17(23)3/h6,8-11,13-14,17H,4-5,7,12H2,1-3H3,(H,22,24). The lowest BCUT2D eigenvalue weighted by molar-refractivity contribution is 0.102. The van der Waals surface area contributed by atoms with E-state index in [-0.39, 0.29) is 16.8 Å². The van der Waals surface area contributed by atoms with Crippen molar-refractivity contribution in [3.05, 3.63) is 59.2 Å². The van der Waals surface area contributed by atoms with Crippen molar-refractivity contribution in [2.45, 2.75) is 51.0 Å². The molecule has 1 fully saturated rings. The van der Waals surface area contributed by atoms with Gasteiger partial charge in [0.15, 0.2) is 0 Å². The number of anilines is 1. The number of hydrogen-bond acceptors (Lipinski definition) is 3. The number of piperidine rings is 1. The van der Waals surface area contributed by atoms with Crippen molar-refractivity contribution >= 4 is 21.6 Å². The maximum atomic E-state index is 13.0. The zero-order valence-corrected chi connectivity index (χ0v) is 16.8. The Balaban J connectivity index is 1.84. The molecule has 0 spiro atoms. The molecule has 3 rings (SSSR count). The zero-order valence-electron chi connectivity index (χ0n) is 16.0. The van der Waals surface area contributed by atoms with Crippen LogP contribution in [0.3, 0.4) is 0 Å². The molecular formula is C21H26N2O3S. The molecule has 6 heteroatoms. The van der Waals surface area contributed by atoms with Gasteiger partial charge in [0.05, 0.1) is 4.90 Å². The van der Waals surface area contributed by atoms with E-state index >= 15 is 0 Å². The van der Waals surface area contributed by atoms with Crippen LogP contribution >= 0.6 is 0 Å². The number of amides is 1. The lowest BCUT2D eigenvalue weighted by Crippen LogP contribution is -2.41. The second kappa shape index (κ2) is 7.82. The molecule has 1 heterocycles. The minimum Gasteiger partial charge on any atom is -0.322 e. The van der Waals surface area contributed by atoms with E-state index in [0.717, 1.165) is 30.4 Å². The number of sulfonamides is 1. The van der Waals surface area contributed by atoms with Crippen molar-refractivity contribution in [2.75, 3.05) is 11.9 Å². The molecule has 1 N–H and O–H groups in total. The van der Waals surface area contributed by atoms with Gasteiger partial charge in [-0.3, -0.25) is 4.79 Å². The zero-order chi connectivity index (χ0) is 19.6. The minimum absolute atomic E-state index is 0.0169. The van der Waals surface area contributed by atoms with Crippen LogP contribution in [0.4, 0.5) is 5.69 Å². The van der Waals surface area contributed by atoms with Crippen LogP contribution in [0.1, 0.15) is 47.7 Å². The van der Waals surface area contributed by atoms with Crippen LogP contribution in [0.25, 0.3) is 0 Å². The van der Waals surface area contributed by atoms with Crippen LogP contribution in [0.5, 0.6) is 0 Å². The van der Waals surface area contributed by atoms with Gasteiger partial charge in [-0.25, -0.2) is 8.42 Å². The summed E-state index contributed by atoms with van der Waals surface area (Å²) in [6, 6.07) is 12.0. The molecule has 1 saturated heterocycles. The first-order chi connectivity index (χ1) is 12.8. The van der Waals surface area contributed by atoms with Crippen LogP contribution in [0, 0.1) is 13.8 Å². The van der Waals surface area contributed by atoms with Gasteiger partial charge in [0.1, 0.15) is 0 Å². The predicted octanol–water partition coefficient (Wildman–Crippen LogP) is 4.12. The van der Waals surface area contributed by atoms with E-state index in [2.05, 4.69) is 5.32 Å². The summed E-state index contributed by atoms with van der Waals surface area (Å²) in [5.41, 5.74) is 3.26. The molecule has 2 aromatic carbocycles. The van der Waals surface area contributed by atoms with Crippen molar-refractivity contribution in [1.29, 1.82) is 0 Å². The van der Waals surface area contributed by atoms with E-state index < -0.39 is 10.0 Å². The van der Waals surface area contributed by atoms with E-state index in [1.807, 2.05) is 39.0 Å². The van der Waals surface area contributed by atoms with Crippen molar-refractivity contribution in [3.8, 4) is 0 Å². The number of benzene rings is 2. The SMILES string of the molecule is Cc1ccc(NC(=O)c2cccc(S(=O)(=O)N3CCCCC3C)c2)cc1C. The number of aryl methyl sites for hydroxylation is 2. The Morgan fingerprint density at radius 1 is 1.07 bits per heavy atom. The van der Waals surface area contributed by atoms with Gasteiger partial charge >= 0.3 is 0 Å². The summed E-state index contributed by atoms with van der Waals surface area (Å²) in [7, 11) is -3.60. The summed E-state index contributed by atoms with van der Waals surface area (Å²) in [6.45, 7) is 6.46. The van der Waals surface area contributed by atoms with Gasteiger partial charge in [-0.15, -0.1) is 0 Å². The first-order valence-electron chi connectivity index (χ1n) is 9.29. The minimum atomic E-state index is -3.60. The van der Waals surface area contributed by atoms with Crippen LogP contribution in [0.2, 0.25) is 0 Å². The van der Waals surface area contributed by atoms with Crippen LogP contribution in [-0.2, 0) is 10.0 Å². The Hall–Kier alpha value is -2.18. The van der Waals surface area contributed by atoms with Gasteiger partial charge in [0.2, 0.25) is 10.0 Å². The second-order valence-electron chi connectivity index (χ2n) is 7.24. The second-order valence-corrected chi connectivity index (χ2v) is 9.13. The predicted molar refractivity (Wildman–Crippen MR) is 108 cm³/mol. The number of rotatable bonds is 4. The summed E-state index contributed by atoms with van der Waals surface area (Å²) >= 11 is 0. The van der Waals surface area contributed by atoms with Crippen molar-refractivity contribution in [2.24, 2.45) is 0 Å². The molecule has 1 aliphatic heterocycles. The highest BCUT2D eigenvalue weighted by Crippen LogP contribution is 2.26. The molecule has 5 nitrogen and oxygen atoms in total. The van der Waals surface area contributed by atoms with Crippen molar-refractivity contribution in [3.63, 3.8) is 0 Å². The Morgan fingerprint density at radius 2 is 1.85 bits per heavy atom. The third kappa shape index (κ3) is 4.22. The summed E-state index contributed by atoms with van der Waals surface area (Å²) in [4.78, 5) is 12.8. The normalized spacial score (nSPS) is 18.3. The number of carbonyl (C=O) groups excluding carboxylic acids is 1. The van der Waals surface area contributed by atoms with E-state index in [1.54, 1.807) is 22.5 Å². The third-order valence-electron chi connectivity index (χ3n) is 5.21. The lowest BCUT2D eigenvalue weighted by atomic mass is 10.1. The van der Waals surface area contributed by atoms with E-state index in [9.17, 15) is 13.2 Å². The van der Waals surface area contributed by atoms with Crippen molar-refractivity contribution in [1.82, 2.24) is 4.31 Å². The Bertz CT molecular complexity index is 954. The Kier molecular flexibility index (Phi) is 5.67. The van der Waals surface area contributed by atoms with Gasteiger partial charge in [-0.05, 0) is 75.1 Å². The number of hydrogen-bond donors (Lipinski definition) is 1. The molecule has 0 radical (unpaired) electrons. The van der Waals surface area contributed by atoms with Gasteiger partial charge in [0.25, 0.3) is 5.91 Å². The maximum absolute atomic E-state index is 13.0. The highest BCUT2D eigenvalue weighted by Gasteiger charge is 2.31. The van der Waals surface area contributed by atoms with Gasteiger partial charge in [-0.2, -0.15) is 4.31 Å². The van der Waals surface area contributed by atoms with Crippen molar-refractivity contribution < 1.29 is 13.2 Å². The number of nitrogens with one attached hydrogen (secondary N) is 1.